The van der Waals surface area contributed by atoms with E-state index in [0.717, 1.165) is 5.56 Å². The average Bonchev–Trinajstić information content (AvgIpc) is 2.97. The largest absolute Gasteiger partial charge is 0.192 e. The topological polar surface area (TPSA) is 23.8 Å². The summed E-state index contributed by atoms with van der Waals surface area (Å²) >= 11 is 0. The molecule has 1 heteroatoms. The van der Waals surface area contributed by atoms with Gasteiger partial charge in [0.05, 0.1) is 11.6 Å². The molecular formula is C13H13N. The van der Waals surface area contributed by atoms with Crippen LogP contribution in [0.2, 0.25) is 0 Å². The van der Waals surface area contributed by atoms with Crippen LogP contribution in [-0.4, -0.2) is 0 Å². The van der Waals surface area contributed by atoms with Crippen molar-refractivity contribution >= 4 is 5.57 Å². The molecule has 1 aliphatic carbocycles. The molecule has 70 valence electrons. The Kier molecular flexibility index (Phi) is 1.93. The molecule has 1 aromatic carbocycles. The van der Waals surface area contributed by atoms with E-state index in [1.807, 2.05) is 12.1 Å². The van der Waals surface area contributed by atoms with E-state index in [4.69, 9.17) is 5.26 Å². The second-order valence-corrected chi connectivity index (χ2v) is 4.23. The van der Waals surface area contributed by atoms with Crippen LogP contribution in [0.15, 0.2) is 30.8 Å². The van der Waals surface area contributed by atoms with Crippen LogP contribution < -0.4 is 0 Å². The highest BCUT2D eigenvalue weighted by Gasteiger charge is 2.38. The lowest BCUT2D eigenvalue weighted by molar-refractivity contribution is 0.788. The predicted molar refractivity (Wildman–Crippen MR) is 57.7 cm³/mol. The van der Waals surface area contributed by atoms with Gasteiger partial charge in [-0.25, -0.2) is 0 Å². The Morgan fingerprint density at radius 3 is 2.36 bits per heavy atom. The first-order chi connectivity index (χ1) is 6.65. The molecule has 0 saturated heterocycles. The summed E-state index contributed by atoms with van der Waals surface area (Å²) in [5.41, 5.74) is 3.26. The molecule has 0 atom stereocenters. The third-order valence-electron chi connectivity index (χ3n) is 3.07. The smallest absolute Gasteiger partial charge is 0.0991 e. The number of hydrogen-bond donors (Lipinski definition) is 0. The zero-order chi connectivity index (χ0) is 10.2. The number of nitriles is 1. The van der Waals surface area contributed by atoms with Gasteiger partial charge in [-0.3, -0.25) is 0 Å². The normalized spacial score (nSPS) is 17.1. The first kappa shape index (κ1) is 9.02. The van der Waals surface area contributed by atoms with Crippen molar-refractivity contribution < 1.29 is 0 Å². The van der Waals surface area contributed by atoms with Gasteiger partial charge in [0, 0.05) is 0 Å². The van der Waals surface area contributed by atoms with E-state index in [2.05, 4.69) is 31.7 Å². The SMILES string of the molecule is C=C(C#N)c1ccc(C2(C)CC2)cc1. The van der Waals surface area contributed by atoms with Crippen LogP contribution in [0, 0.1) is 11.3 Å². The maximum absolute atomic E-state index is 8.68. The minimum Gasteiger partial charge on any atom is -0.192 e. The van der Waals surface area contributed by atoms with Gasteiger partial charge in [-0.15, -0.1) is 0 Å². The number of rotatable bonds is 2. The van der Waals surface area contributed by atoms with Gasteiger partial charge in [0.2, 0.25) is 0 Å². The minimum absolute atomic E-state index is 0.409. The molecule has 0 aromatic heterocycles. The van der Waals surface area contributed by atoms with Crippen LogP contribution in [0.4, 0.5) is 0 Å². The molecule has 0 spiro atoms. The molecule has 14 heavy (non-hydrogen) atoms. The summed E-state index contributed by atoms with van der Waals surface area (Å²) in [5.74, 6) is 0. The summed E-state index contributed by atoms with van der Waals surface area (Å²) in [4.78, 5) is 0. The summed E-state index contributed by atoms with van der Waals surface area (Å²) in [7, 11) is 0. The monoisotopic (exact) mass is 183 g/mol. The second kappa shape index (κ2) is 2.99. The van der Waals surface area contributed by atoms with Gasteiger partial charge >= 0.3 is 0 Å². The van der Waals surface area contributed by atoms with Gasteiger partial charge in [-0.05, 0) is 29.4 Å². The lowest BCUT2D eigenvalue weighted by Gasteiger charge is -2.08. The fourth-order valence-corrected chi connectivity index (χ4v) is 1.61. The van der Waals surface area contributed by atoms with Gasteiger partial charge in [-0.2, -0.15) is 5.26 Å². The number of nitrogens with zero attached hydrogens (tertiary/aromatic N) is 1. The zero-order valence-electron chi connectivity index (χ0n) is 8.38. The highest BCUT2D eigenvalue weighted by Crippen LogP contribution is 2.47. The van der Waals surface area contributed by atoms with Crippen LogP contribution >= 0.6 is 0 Å². The van der Waals surface area contributed by atoms with Gasteiger partial charge in [0.15, 0.2) is 0 Å². The third-order valence-corrected chi connectivity index (χ3v) is 3.07. The Labute approximate surface area is 84.7 Å². The number of allylic oxidation sites excluding steroid dienone is 1. The molecule has 0 heterocycles. The van der Waals surface area contributed by atoms with Crippen molar-refractivity contribution in [2.45, 2.75) is 25.2 Å². The molecule has 2 rings (SSSR count). The molecule has 1 fully saturated rings. The Bertz CT molecular complexity index is 402. The molecule has 1 nitrogen and oxygen atoms in total. The zero-order valence-corrected chi connectivity index (χ0v) is 8.38. The fourth-order valence-electron chi connectivity index (χ4n) is 1.61. The van der Waals surface area contributed by atoms with Crippen molar-refractivity contribution in [1.29, 1.82) is 5.26 Å². The van der Waals surface area contributed by atoms with Crippen molar-refractivity contribution in [2.24, 2.45) is 0 Å². The summed E-state index contributed by atoms with van der Waals surface area (Å²) in [6.07, 6.45) is 2.57. The maximum Gasteiger partial charge on any atom is 0.0991 e. The van der Waals surface area contributed by atoms with Crippen LogP contribution in [0.25, 0.3) is 5.57 Å². The lowest BCUT2D eigenvalue weighted by Crippen LogP contribution is -1.98. The highest BCUT2D eigenvalue weighted by atomic mass is 14.4. The molecule has 1 aromatic rings. The van der Waals surface area contributed by atoms with Crippen molar-refractivity contribution in [3.8, 4) is 6.07 Å². The molecule has 0 radical (unpaired) electrons. The van der Waals surface area contributed by atoms with Crippen molar-refractivity contribution in [3.63, 3.8) is 0 Å². The summed E-state index contributed by atoms with van der Waals surface area (Å²) < 4.78 is 0. The quantitative estimate of drug-likeness (QED) is 0.645. The number of hydrogen-bond acceptors (Lipinski definition) is 1. The van der Waals surface area contributed by atoms with Crippen molar-refractivity contribution in [1.82, 2.24) is 0 Å². The molecule has 0 aliphatic heterocycles. The summed E-state index contributed by atoms with van der Waals surface area (Å²) in [5, 5.41) is 8.68. The van der Waals surface area contributed by atoms with E-state index >= 15 is 0 Å². The van der Waals surface area contributed by atoms with Crippen LogP contribution in [0.1, 0.15) is 30.9 Å². The fraction of sp³-hybridized carbons (Fsp3) is 0.308. The molecule has 1 saturated carbocycles. The van der Waals surface area contributed by atoms with Crippen molar-refractivity contribution in [2.75, 3.05) is 0 Å². The highest BCUT2D eigenvalue weighted by molar-refractivity contribution is 5.74. The number of benzene rings is 1. The first-order valence-corrected chi connectivity index (χ1v) is 4.86. The minimum atomic E-state index is 0.409. The van der Waals surface area contributed by atoms with Gasteiger partial charge in [-0.1, -0.05) is 37.8 Å². The van der Waals surface area contributed by atoms with E-state index in [0.29, 0.717) is 11.0 Å². The first-order valence-electron chi connectivity index (χ1n) is 4.86. The van der Waals surface area contributed by atoms with E-state index in [-0.39, 0.29) is 0 Å². The van der Waals surface area contributed by atoms with E-state index < -0.39 is 0 Å². The standard InChI is InChI=1S/C13H13N/c1-10(9-14)11-3-5-12(6-4-11)13(2)7-8-13/h3-6H,1,7-8H2,2H3. The van der Waals surface area contributed by atoms with E-state index in [1.165, 1.54) is 18.4 Å². The van der Waals surface area contributed by atoms with Gasteiger partial charge in [0.1, 0.15) is 0 Å². The lowest BCUT2D eigenvalue weighted by atomic mass is 9.96. The molecule has 0 N–H and O–H groups in total. The van der Waals surface area contributed by atoms with E-state index in [1.54, 1.807) is 0 Å². The third kappa shape index (κ3) is 1.44. The summed E-state index contributed by atoms with van der Waals surface area (Å²) in [6, 6.07) is 10.3. The van der Waals surface area contributed by atoms with Crippen LogP contribution in [0.3, 0.4) is 0 Å². The maximum atomic E-state index is 8.68. The van der Waals surface area contributed by atoms with Crippen LogP contribution in [0.5, 0.6) is 0 Å². The molecular weight excluding hydrogens is 170 g/mol. The second-order valence-electron chi connectivity index (χ2n) is 4.23. The Balaban J connectivity index is 2.27. The van der Waals surface area contributed by atoms with Crippen molar-refractivity contribution in [3.05, 3.63) is 42.0 Å². The molecule has 0 amide bonds. The average molecular weight is 183 g/mol. The molecule has 0 bridgehead atoms. The van der Waals surface area contributed by atoms with Gasteiger partial charge in [0.25, 0.3) is 0 Å². The van der Waals surface area contributed by atoms with Gasteiger partial charge < -0.3 is 0 Å². The Morgan fingerprint density at radius 1 is 1.36 bits per heavy atom. The molecule has 1 aliphatic rings. The Morgan fingerprint density at radius 2 is 1.93 bits per heavy atom. The Hall–Kier alpha value is -1.55. The van der Waals surface area contributed by atoms with E-state index in [9.17, 15) is 0 Å². The predicted octanol–water partition coefficient (Wildman–Crippen LogP) is 3.27. The summed E-state index contributed by atoms with van der Waals surface area (Å²) in [6.45, 7) is 5.97. The molecule has 0 unspecified atom stereocenters. The van der Waals surface area contributed by atoms with Crippen LogP contribution in [-0.2, 0) is 5.41 Å².